The van der Waals surface area contributed by atoms with Gasteiger partial charge in [-0.2, -0.15) is 0 Å². The van der Waals surface area contributed by atoms with Crippen LogP contribution in [0.15, 0.2) is 42.5 Å². The van der Waals surface area contributed by atoms with Crippen molar-refractivity contribution in [3.8, 4) is 11.3 Å². The molecule has 0 N–H and O–H groups in total. The summed E-state index contributed by atoms with van der Waals surface area (Å²) in [7, 11) is 0. The fraction of sp³-hybridized carbons (Fsp3) is 0.500. The van der Waals surface area contributed by atoms with Crippen LogP contribution in [0, 0.1) is 6.92 Å². The van der Waals surface area contributed by atoms with Gasteiger partial charge < -0.3 is 4.90 Å². The highest BCUT2D eigenvalue weighted by atomic mass is 15.2. The number of aryl methyl sites for hydroxylation is 5. The minimum Gasteiger partial charge on any atom is -0.364 e. The van der Waals surface area contributed by atoms with Crippen LogP contribution < -0.4 is 4.90 Å². The van der Waals surface area contributed by atoms with E-state index >= 15 is 0 Å². The molecule has 0 radical (unpaired) electrons. The molecule has 2 heteroatoms. The van der Waals surface area contributed by atoms with Gasteiger partial charge >= 0.3 is 0 Å². The smallest absolute Gasteiger partial charge is 0.0713 e. The van der Waals surface area contributed by atoms with E-state index in [9.17, 15) is 0 Å². The number of rotatable bonds is 6. The largest absolute Gasteiger partial charge is 0.364 e. The molecule has 0 amide bonds. The predicted molar refractivity (Wildman–Crippen MR) is 156 cm³/mol. The number of pyridine rings is 1. The third-order valence-corrected chi connectivity index (χ3v) is 8.22. The Morgan fingerprint density at radius 2 is 1.56 bits per heavy atom. The van der Waals surface area contributed by atoms with Crippen LogP contribution in [-0.4, -0.2) is 11.5 Å². The zero-order valence-corrected chi connectivity index (χ0v) is 23.6. The number of aromatic nitrogens is 1. The van der Waals surface area contributed by atoms with Crippen molar-refractivity contribution in [2.45, 2.75) is 105 Å². The highest BCUT2D eigenvalue weighted by molar-refractivity contribution is 5.70. The van der Waals surface area contributed by atoms with E-state index in [4.69, 9.17) is 4.98 Å². The Morgan fingerprint density at radius 3 is 2.25 bits per heavy atom. The Labute approximate surface area is 220 Å². The lowest BCUT2D eigenvalue weighted by atomic mass is 9.84. The first-order valence-corrected chi connectivity index (χ1v) is 14.6. The van der Waals surface area contributed by atoms with E-state index < -0.39 is 0 Å². The first kappa shape index (κ1) is 26.5. The van der Waals surface area contributed by atoms with E-state index in [1.807, 2.05) is 13.8 Å². The second-order valence-electron chi connectivity index (χ2n) is 10.2. The summed E-state index contributed by atoms with van der Waals surface area (Å²) in [6, 6.07) is 16.6. The average molecular weight is 483 g/mol. The molecule has 3 aromatic rings. The van der Waals surface area contributed by atoms with Gasteiger partial charge in [0.1, 0.15) is 0 Å². The molecule has 0 spiro atoms. The summed E-state index contributed by atoms with van der Waals surface area (Å²) < 4.78 is 0. The van der Waals surface area contributed by atoms with Crippen molar-refractivity contribution in [3.05, 3.63) is 81.5 Å². The Morgan fingerprint density at radius 1 is 0.861 bits per heavy atom. The molecular weight excluding hydrogens is 436 g/mol. The summed E-state index contributed by atoms with van der Waals surface area (Å²) in [5.74, 6) is 0. The number of fused-ring (bicyclic) bond motifs is 2. The van der Waals surface area contributed by atoms with Crippen LogP contribution in [0.1, 0.15) is 105 Å². The Kier molecular flexibility index (Phi) is 8.88. The number of hydrogen-bond donors (Lipinski definition) is 0. The summed E-state index contributed by atoms with van der Waals surface area (Å²) in [6.45, 7) is 14.2. The summed E-state index contributed by atoms with van der Waals surface area (Å²) in [5, 5.41) is 0. The van der Waals surface area contributed by atoms with Crippen LogP contribution in [-0.2, 0) is 32.1 Å². The Bertz CT molecular complexity index is 1150. The van der Waals surface area contributed by atoms with Crippen LogP contribution in [0.25, 0.3) is 11.3 Å². The van der Waals surface area contributed by atoms with E-state index in [1.54, 1.807) is 11.1 Å². The van der Waals surface area contributed by atoms with Gasteiger partial charge in [0.2, 0.25) is 0 Å². The minimum atomic E-state index is 0.427. The lowest BCUT2D eigenvalue weighted by molar-refractivity contribution is 0.515. The molecule has 0 fully saturated rings. The zero-order valence-electron chi connectivity index (χ0n) is 23.6. The highest BCUT2D eigenvalue weighted by Crippen LogP contribution is 2.42. The molecule has 2 aliphatic carbocycles. The van der Waals surface area contributed by atoms with Gasteiger partial charge in [-0.25, -0.2) is 0 Å². The number of hydrogen-bond acceptors (Lipinski definition) is 2. The molecule has 2 nitrogen and oxygen atoms in total. The molecule has 0 saturated heterocycles. The molecule has 36 heavy (non-hydrogen) atoms. The third-order valence-electron chi connectivity index (χ3n) is 8.22. The van der Waals surface area contributed by atoms with Gasteiger partial charge in [0.25, 0.3) is 0 Å². The lowest BCUT2D eigenvalue weighted by Crippen LogP contribution is -2.33. The molecule has 1 heterocycles. The SMILES string of the molecule is CC.CCc1cccc(CC)c1-c1cc(C)c2c(n1)CCCC2N(CC)c1cccc2c1CCCC2. The monoisotopic (exact) mass is 482 g/mol. The first-order chi connectivity index (χ1) is 17.7. The van der Waals surface area contributed by atoms with Crippen molar-refractivity contribution in [3.63, 3.8) is 0 Å². The van der Waals surface area contributed by atoms with Gasteiger partial charge in [-0.15, -0.1) is 0 Å². The van der Waals surface area contributed by atoms with E-state index in [0.29, 0.717) is 6.04 Å². The van der Waals surface area contributed by atoms with Crippen molar-refractivity contribution in [2.75, 3.05) is 11.4 Å². The molecule has 0 saturated carbocycles. The van der Waals surface area contributed by atoms with Crippen molar-refractivity contribution >= 4 is 5.69 Å². The molecule has 192 valence electrons. The van der Waals surface area contributed by atoms with E-state index in [2.05, 4.69) is 75.1 Å². The van der Waals surface area contributed by atoms with Gasteiger partial charge in [-0.1, -0.05) is 58.0 Å². The Balaban J connectivity index is 0.00000148. The van der Waals surface area contributed by atoms with Crippen LogP contribution in [0.3, 0.4) is 0 Å². The summed E-state index contributed by atoms with van der Waals surface area (Å²) in [4.78, 5) is 8.09. The molecule has 5 rings (SSSR count). The topological polar surface area (TPSA) is 16.1 Å². The first-order valence-electron chi connectivity index (χ1n) is 14.6. The van der Waals surface area contributed by atoms with Crippen LogP contribution in [0.2, 0.25) is 0 Å². The van der Waals surface area contributed by atoms with Gasteiger partial charge in [-0.3, -0.25) is 4.98 Å². The molecule has 0 aliphatic heterocycles. The van der Waals surface area contributed by atoms with Gasteiger partial charge in [0, 0.05) is 23.5 Å². The second-order valence-corrected chi connectivity index (χ2v) is 10.2. The third kappa shape index (κ3) is 4.97. The van der Waals surface area contributed by atoms with Crippen molar-refractivity contribution in [2.24, 2.45) is 0 Å². The number of anilines is 1. The van der Waals surface area contributed by atoms with E-state index in [0.717, 1.165) is 25.8 Å². The van der Waals surface area contributed by atoms with Crippen molar-refractivity contribution in [1.29, 1.82) is 0 Å². The molecule has 1 aromatic heterocycles. The van der Waals surface area contributed by atoms with Gasteiger partial charge in [0.05, 0.1) is 11.7 Å². The Hall–Kier alpha value is -2.61. The summed E-state index contributed by atoms with van der Waals surface area (Å²) in [5.41, 5.74) is 14.3. The fourth-order valence-corrected chi connectivity index (χ4v) is 6.60. The molecule has 1 atom stereocenters. The van der Waals surface area contributed by atoms with Gasteiger partial charge in [0.15, 0.2) is 0 Å². The number of benzene rings is 2. The number of nitrogens with zero attached hydrogens (tertiary/aromatic N) is 2. The molecule has 2 aliphatic rings. The maximum absolute atomic E-state index is 5.38. The molecule has 0 bridgehead atoms. The second kappa shape index (κ2) is 12.1. The highest BCUT2D eigenvalue weighted by Gasteiger charge is 2.30. The average Bonchev–Trinajstić information content (AvgIpc) is 2.94. The zero-order chi connectivity index (χ0) is 25.7. The summed E-state index contributed by atoms with van der Waals surface area (Å²) in [6.07, 6.45) is 10.8. The summed E-state index contributed by atoms with van der Waals surface area (Å²) >= 11 is 0. The van der Waals surface area contributed by atoms with Crippen LogP contribution in [0.4, 0.5) is 5.69 Å². The lowest BCUT2D eigenvalue weighted by Gasteiger charge is -2.39. The van der Waals surface area contributed by atoms with E-state index in [-0.39, 0.29) is 0 Å². The molecule has 2 aromatic carbocycles. The van der Waals surface area contributed by atoms with Crippen LogP contribution >= 0.6 is 0 Å². The van der Waals surface area contributed by atoms with E-state index in [1.165, 1.54) is 83.4 Å². The normalized spacial score (nSPS) is 16.4. The minimum absolute atomic E-state index is 0.427. The molecular formula is C34H46N2. The maximum Gasteiger partial charge on any atom is 0.0713 e. The predicted octanol–water partition coefficient (Wildman–Crippen LogP) is 8.99. The quantitative estimate of drug-likeness (QED) is 0.348. The fourth-order valence-electron chi connectivity index (χ4n) is 6.60. The van der Waals surface area contributed by atoms with Gasteiger partial charge in [-0.05, 0) is 117 Å². The van der Waals surface area contributed by atoms with Crippen molar-refractivity contribution in [1.82, 2.24) is 4.98 Å². The van der Waals surface area contributed by atoms with Crippen molar-refractivity contribution < 1.29 is 0 Å². The standard InChI is InChI=1S/C32H40N2.C2H6/c1-5-23-14-10-15-24(6-2)32(23)28-21-22(4)31-27(33-28)18-12-20-30(31)34(7-3)29-19-11-16-25-13-8-9-17-26(25)29;1-2/h10-11,14-16,19,21,30H,5-9,12-13,17-18,20H2,1-4H3;1-2H3. The molecule has 1 unspecified atom stereocenters. The van der Waals surface area contributed by atoms with Crippen LogP contribution in [0.5, 0.6) is 0 Å². The maximum atomic E-state index is 5.38.